The lowest BCUT2D eigenvalue weighted by atomic mass is 10.2. The van der Waals surface area contributed by atoms with E-state index in [9.17, 15) is 8.42 Å². The van der Waals surface area contributed by atoms with Gasteiger partial charge < -0.3 is 10.6 Å². The highest BCUT2D eigenvalue weighted by molar-refractivity contribution is 7.89. The number of nitrogens with zero attached hydrogens (tertiary/aromatic N) is 2. The Morgan fingerprint density at radius 1 is 1.42 bits per heavy atom. The zero-order valence-electron chi connectivity index (χ0n) is 10.4. The Morgan fingerprint density at radius 2 is 2.11 bits per heavy atom. The molecule has 0 saturated heterocycles. The molecule has 0 heterocycles. The van der Waals surface area contributed by atoms with Crippen molar-refractivity contribution in [2.45, 2.75) is 30.2 Å². The smallest absolute Gasteiger partial charge is 0.240 e. The van der Waals surface area contributed by atoms with Gasteiger partial charge in [0.2, 0.25) is 10.0 Å². The Labute approximate surface area is 112 Å². The van der Waals surface area contributed by atoms with E-state index in [1.54, 1.807) is 12.1 Å². The summed E-state index contributed by atoms with van der Waals surface area (Å²) in [5.41, 5.74) is 6.73. The van der Waals surface area contributed by atoms with E-state index >= 15 is 0 Å². The molecule has 0 bridgehead atoms. The van der Waals surface area contributed by atoms with Crippen LogP contribution in [0.5, 0.6) is 0 Å². The lowest BCUT2D eigenvalue weighted by molar-refractivity contribution is 0.598. The zero-order chi connectivity index (χ0) is 14.0. The Balaban J connectivity index is 2.41. The van der Waals surface area contributed by atoms with Gasteiger partial charge >= 0.3 is 0 Å². The maximum atomic E-state index is 11.5. The molecule has 7 heteroatoms. The van der Waals surface area contributed by atoms with Crippen LogP contribution in [-0.4, -0.2) is 21.0 Å². The first-order valence-electron chi connectivity index (χ1n) is 6.00. The molecule has 1 aliphatic carbocycles. The number of nitriles is 1. The van der Waals surface area contributed by atoms with Gasteiger partial charge in [0, 0.05) is 12.6 Å². The van der Waals surface area contributed by atoms with E-state index in [1.807, 2.05) is 4.90 Å². The normalized spacial score (nSPS) is 14.9. The Kier molecular flexibility index (Phi) is 3.64. The number of hydrogen-bond donors (Lipinski definition) is 2. The van der Waals surface area contributed by atoms with Crippen molar-refractivity contribution >= 4 is 21.4 Å². The van der Waals surface area contributed by atoms with E-state index in [0.29, 0.717) is 24.7 Å². The third-order valence-electron chi connectivity index (χ3n) is 3.11. The summed E-state index contributed by atoms with van der Waals surface area (Å²) in [4.78, 5) is 1.93. The fourth-order valence-electron chi connectivity index (χ4n) is 2.09. The lowest BCUT2D eigenvalue weighted by Gasteiger charge is -2.25. The average molecular weight is 280 g/mol. The van der Waals surface area contributed by atoms with Crippen molar-refractivity contribution < 1.29 is 8.42 Å². The number of sulfonamides is 1. The quantitative estimate of drug-likeness (QED) is 0.774. The van der Waals surface area contributed by atoms with E-state index in [1.165, 1.54) is 6.07 Å². The summed E-state index contributed by atoms with van der Waals surface area (Å²) >= 11 is 0. The van der Waals surface area contributed by atoms with Crippen LogP contribution in [-0.2, 0) is 10.0 Å². The van der Waals surface area contributed by atoms with Crippen molar-refractivity contribution in [1.29, 1.82) is 5.26 Å². The van der Waals surface area contributed by atoms with Crippen LogP contribution in [0.2, 0.25) is 0 Å². The molecular weight excluding hydrogens is 264 g/mol. The number of para-hydroxylation sites is 1. The third-order valence-corrected chi connectivity index (χ3v) is 4.08. The molecule has 19 heavy (non-hydrogen) atoms. The second-order valence-electron chi connectivity index (χ2n) is 4.57. The van der Waals surface area contributed by atoms with E-state index in [-0.39, 0.29) is 10.6 Å². The van der Waals surface area contributed by atoms with Crippen molar-refractivity contribution in [3.63, 3.8) is 0 Å². The van der Waals surface area contributed by atoms with Crippen LogP contribution in [0.4, 0.5) is 11.4 Å². The molecule has 0 aromatic heterocycles. The summed E-state index contributed by atoms with van der Waals surface area (Å²) in [7, 11) is -3.83. The summed E-state index contributed by atoms with van der Waals surface area (Å²) in [6.45, 7) is 0.541. The predicted molar refractivity (Wildman–Crippen MR) is 72.8 cm³/mol. The van der Waals surface area contributed by atoms with Crippen LogP contribution in [0.15, 0.2) is 23.1 Å². The molecule has 0 amide bonds. The van der Waals surface area contributed by atoms with Gasteiger partial charge in [-0.15, -0.1) is 0 Å². The monoisotopic (exact) mass is 280 g/mol. The highest BCUT2D eigenvalue weighted by atomic mass is 32.2. The second-order valence-corrected chi connectivity index (χ2v) is 6.10. The molecule has 1 aromatic carbocycles. The van der Waals surface area contributed by atoms with E-state index in [0.717, 1.165) is 12.8 Å². The minimum Gasteiger partial charge on any atom is -0.396 e. The molecule has 0 aliphatic heterocycles. The molecule has 1 aromatic rings. The molecule has 6 nitrogen and oxygen atoms in total. The highest BCUT2D eigenvalue weighted by Crippen LogP contribution is 2.37. The zero-order valence-corrected chi connectivity index (χ0v) is 11.2. The van der Waals surface area contributed by atoms with Crippen LogP contribution in [0.3, 0.4) is 0 Å². The largest absolute Gasteiger partial charge is 0.396 e. The number of hydrogen-bond acceptors (Lipinski definition) is 5. The maximum absolute atomic E-state index is 11.5. The molecule has 0 atom stereocenters. The number of rotatable bonds is 5. The first-order chi connectivity index (χ1) is 8.95. The summed E-state index contributed by atoms with van der Waals surface area (Å²) in [6, 6.07) is 7.20. The molecule has 0 unspecified atom stereocenters. The summed E-state index contributed by atoms with van der Waals surface area (Å²) < 4.78 is 22.9. The SMILES string of the molecule is N#CCCN(c1cccc(S(N)(=O)=O)c1N)C1CC1. The second kappa shape index (κ2) is 5.07. The Hall–Kier alpha value is -1.78. The van der Waals surface area contributed by atoms with Crippen LogP contribution in [0.25, 0.3) is 0 Å². The Morgan fingerprint density at radius 3 is 2.63 bits per heavy atom. The van der Waals surface area contributed by atoms with Crippen molar-refractivity contribution in [1.82, 2.24) is 0 Å². The van der Waals surface area contributed by atoms with Crippen molar-refractivity contribution in [2.24, 2.45) is 5.14 Å². The van der Waals surface area contributed by atoms with Gasteiger partial charge in [0.15, 0.2) is 0 Å². The van der Waals surface area contributed by atoms with Gasteiger partial charge in [0.25, 0.3) is 0 Å². The number of nitrogen functional groups attached to an aromatic ring is 1. The first kappa shape index (κ1) is 13.6. The van der Waals surface area contributed by atoms with Crippen molar-refractivity contribution in [3.05, 3.63) is 18.2 Å². The van der Waals surface area contributed by atoms with Gasteiger partial charge in [-0.1, -0.05) is 6.07 Å². The minimum atomic E-state index is -3.83. The van der Waals surface area contributed by atoms with Gasteiger partial charge in [-0.2, -0.15) is 5.26 Å². The fourth-order valence-corrected chi connectivity index (χ4v) is 2.77. The third kappa shape index (κ3) is 2.97. The molecular formula is C12H16N4O2S. The standard InChI is InChI=1S/C12H16N4O2S/c13-7-2-8-16(9-5-6-9)10-3-1-4-11(12(10)14)19(15,17)18/h1,3-4,9H,2,5-6,8,14H2,(H2,15,17,18). The van der Waals surface area contributed by atoms with Gasteiger partial charge in [-0.05, 0) is 25.0 Å². The lowest BCUT2D eigenvalue weighted by Crippen LogP contribution is -2.28. The molecule has 1 fully saturated rings. The van der Waals surface area contributed by atoms with Crippen LogP contribution in [0.1, 0.15) is 19.3 Å². The van der Waals surface area contributed by atoms with Crippen molar-refractivity contribution in [2.75, 3.05) is 17.2 Å². The number of benzene rings is 1. The van der Waals surface area contributed by atoms with Crippen LogP contribution in [0, 0.1) is 11.3 Å². The molecule has 0 spiro atoms. The first-order valence-corrected chi connectivity index (χ1v) is 7.54. The van der Waals surface area contributed by atoms with Gasteiger partial charge in [-0.3, -0.25) is 0 Å². The molecule has 4 N–H and O–H groups in total. The van der Waals surface area contributed by atoms with Gasteiger partial charge in [0.1, 0.15) is 4.90 Å². The molecule has 1 aliphatic rings. The highest BCUT2D eigenvalue weighted by Gasteiger charge is 2.31. The summed E-state index contributed by atoms with van der Waals surface area (Å²) in [5.74, 6) is 0. The van der Waals surface area contributed by atoms with E-state index in [4.69, 9.17) is 16.1 Å². The summed E-state index contributed by atoms with van der Waals surface area (Å²) in [6.07, 6.45) is 2.44. The summed E-state index contributed by atoms with van der Waals surface area (Å²) in [5, 5.41) is 13.8. The fraction of sp³-hybridized carbons (Fsp3) is 0.417. The molecule has 0 radical (unpaired) electrons. The topological polar surface area (TPSA) is 113 Å². The number of primary sulfonamides is 1. The minimum absolute atomic E-state index is 0.0624. The Bertz CT molecular complexity index is 617. The molecule has 1 saturated carbocycles. The van der Waals surface area contributed by atoms with Gasteiger partial charge in [-0.25, -0.2) is 13.6 Å². The number of nitrogens with two attached hydrogens (primary N) is 2. The predicted octanol–water partition coefficient (Wildman–Crippen LogP) is 0.799. The van der Waals surface area contributed by atoms with E-state index in [2.05, 4.69) is 6.07 Å². The molecule has 102 valence electrons. The average Bonchev–Trinajstić information content (AvgIpc) is 3.14. The number of anilines is 2. The maximum Gasteiger partial charge on any atom is 0.240 e. The van der Waals surface area contributed by atoms with Crippen LogP contribution < -0.4 is 15.8 Å². The van der Waals surface area contributed by atoms with Crippen molar-refractivity contribution in [3.8, 4) is 6.07 Å². The van der Waals surface area contributed by atoms with E-state index < -0.39 is 10.0 Å². The molecule has 2 rings (SSSR count). The van der Waals surface area contributed by atoms with Crippen LogP contribution >= 0.6 is 0 Å². The van der Waals surface area contributed by atoms with Gasteiger partial charge in [0.05, 0.1) is 23.9 Å².